The lowest BCUT2D eigenvalue weighted by atomic mass is 10.2. The van der Waals surface area contributed by atoms with Gasteiger partial charge in [0.25, 0.3) is 0 Å². The number of nitrogens with zero attached hydrogens (tertiary/aromatic N) is 2. The van der Waals surface area contributed by atoms with E-state index in [4.69, 9.17) is 10.00 Å². The molecule has 7 heteroatoms. The van der Waals surface area contributed by atoms with E-state index in [1.807, 2.05) is 6.07 Å². The second-order valence-corrected chi connectivity index (χ2v) is 4.68. The molecule has 0 fully saturated rings. The van der Waals surface area contributed by atoms with Crippen molar-refractivity contribution >= 4 is 15.9 Å². The fourth-order valence-corrected chi connectivity index (χ4v) is 1.90. The number of halogens is 4. The van der Waals surface area contributed by atoms with Crippen LogP contribution in [0.2, 0.25) is 0 Å². The predicted octanol–water partition coefficient (Wildman–Crippen LogP) is 4.53. The van der Waals surface area contributed by atoms with Crippen molar-refractivity contribution in [3.8, 4) is 17.6 Å². The summed E-state index contributed by atoms with van der Waals surface area (Å²) >= 11 is 3.21. The van der Waals surface area contributed by atoms with Gasteiger partial charge >= 0.3 is 6.18 Å². The Bertz CT molecular complexity index is 663. The van der Waals surface area contributed by atoms with Gasteiger partial charge in [-0.1, -0.05) is 15.9 Å². The van der Waals surface area contributed by atoms with Crippen molar-refractivity contribution in [3.63, 3.8) is 0 Å². The lowest BCUT2D eigenvalue weighted by molar-refractivity contribution is -0.141. The van der Waals surface area contributed by atoms with Crippen LogP contribution in [0.4, 0.5) is 13.2 Å². The SMILES string of the molecule is N#Cc1cc(Br)cc(Oc2ccc(C(F)(F)F)nc2)c1. The Morgan fingerprint density at radius 2 is 1.90 bits per heavy atom. The van der Waals surface area contributed by atoms with E-state index in [9.17, 15) is 13.2 Å². The van der Waals surface area contributed by atoms with Crippen molar-refractivity contribution in [3.05, 3.63) is 52.3 Å². The minimum Gasteiger partial charge on any atom is -0.456 e. The molecular weight excluding hydrogens is 337 g/mol. The summed E-state index contributed by atoms with van der Waals surface area (Å²) in [4.78, 5) is 3.28. The van der Waals surface area contributed by atoms with Crippen LogP contribution >= 0.6 is 15.9 Å². The summed E-state index contributed by atoms with van der Waals surface area (Å²) in [6.07, 6.45) is -3.50. The summed E-state index contributed by atoms with van der Waals surface area (Å²) in [5.74, 6) is 0.484. The molecule has 20 heavy (non-hydrogen) atoms. The Balaban J connectivity index is 2.23. The first-order valence-electron chi connectivity index (χ1n) is 5.30. The zero-order valence-corrected chi connectivity index (χ0v) is 11.4. The zero-order valence-electron chi connectivity index (χ0n) is 9.78. The van der Waals surface area contributed by atoms with Crippen molar-refractivity contribution in [2.45, 2.75) is 6.18 Å². The van der Waals surface area contributed by atoms with E-state index in [1.54, 1.807) is 12.1 Å². The van der Waals surface area contributed by atoms with Gasteiger partial charge in [-0.15, -0.1) is 0 Å². The van der Waals surface area contributed by atoms with Crippen molar-refractivity contribution in [2.24, 2.45) is 0 Å². The van der Waals surface area contributed by atoms with Crippen LogP contribution < -0.4 is 4.74 Å². The van der Waals surface area contributed by atoms with Crippen LogP contribution in [0.1, 0.15) is 11.3 Å². The van der Waals surface area contributed by atoms with Crippen molar-refractivity contribution in [1.29, 1.82) is 5.26 Å². The number of pyridine rings is 1. The molecule has 0 bridgehead atoms. The number of hydrogen-bond donors (Lipinski definition) is 0. The molecule has 0 unspecified atom stereocenters. The van der Waals surface area contributed by atoms with Crippen molar-refractivity contribution < 1.29 is 17.9 Å². The molecule has 0 N–H and O–H groups in total. The van der Waals surface area contributed by atoms with Gasteiger partial charge in [0.2, 0.25) is 0 Å². The number of aromatic nitrogens is 1. The van der Waals surface area contributed by atoms with Gasteiger partial charge < -0.3 is 4.74 Å². The molecule has 1 aromatic carbocycles. The Hall–Kier alpha value is -2.07. The van der Waals surface area contributed by atoms with E-state index >= 15 is 0 Å². The van der Waals surface area contributed by atoms with E-state index in [0.29, 0.717) is 15.8 Å². The lowest BCUT2D eigenvalue weighted by Gasteiger charge is -2.08. The smallest absolute Gasteiger partial charge is 0.433 e. The third-order valence-corrected chi connectivity index (χ3v) is 2.72. The normalized spacial score (nSPS) is 10.9. The molecule has 0 aliphatic heterocycles. The highest BCUT2D eigenvalue weighted by atomic mass is 79.9. The number of nitriles is 1. The third-order valence-electron chi connectivity index (χ3n) is 2.26. The summed E-state index contributed by atoms with van der Waals surface area (Å²) in [6, 6.07) is 8.62. The van der Waals surface area contributed by atoms with Crippen LogP contribution in [0.25, 0.3) is 0 Å². The summed E-state index contributed by atoms with van der Waals surface area (Å²) in [5, 5.41) is 8.81. The predicted molar refractivity (Wildman–Crippen MR) is 68.2 cm³/mol. The minimum absolute atomic E-state index is 0.153. The van der Waals surface area contributed by atoms with Gasteiger partial charge in [-0.2, -0.15) is 18.4 Å². The molecule has 0 radical (unpaired) electrons. The number of ether oxygens (including phenoxy) is 1. The number of hydrogen-bond acceptors (Lipinski definition) is 3. The quantitative estimate of drug-likeness (QED) is 0.805. The van der Waals surface area contributed by atoms with Gasteiger partial charge in [0.15, 0.2) is 0 Å². The monoisotopic (exact) mass is 342 g/mol. The van der Waals surface area contributed by atoms with Crippen LogP contribution in [-0.2, 0) is 6.18 Å². The number of alkyl halides is 3. The fourth-order valence-electron chi connectivity index (χ4n) is 1.43. The van der Waals surface area contributed by atoms with Gasteiger partial charge in [0.1, 0.15) is 17.2 Å². The van der Waals surface area contributed by atoms with Crippen LogP contribution in [0.3, 0.4) is 0 Å². The molecule has 0 atom stereocenters. The van der Waals surface area contributed by atoms with E-state index < -0.39 is 11.9 Å². The van der Waals surface area contributed by atoms with Gasteiger partial charge in [-0.25, -0.2) is 4.98 Å². The van der Waals surface area contributed by atoms with Crippen LogP contribution in [0, 0.1) is 11.3 Å². The van der Waals surface area contributed by atoms with Gasteiger partial charge in [-0.3, -0.25) is 0 Å². The molecule has 2 aromatic rings. The highest BCUT2D eigenvalue weighted by Gasteiger charge is 2.32. The summed E-state index contributed by atoms with van der Waals surface area (Å²) in [5.41, 5.74) is -0.619. The molecule has 102 valence electrons. The Kier molecular flexibility index (Phi) is 3.95. The number of rotatable bonds is 2. The highest BCUT2D eigenvalue weighted by Crippen LogP contribution is 2.30. The average Bonchev–Trinajstić information content (AvgIpc) is 2.37. The molecule has 3 nitrogen and oxygen atoms in total. The van der Waals surface area contributed by atoms with Crippen LogP contribution in [0.15, 0.2) is 41.0 Å². The molecule has 2 rings (SSSR count). The minimum atomic E-state index is -4.48. The lowest BCUT2D eigenvalue weighted by Crippen LogP contribution is -2.07. The molecule has 0 spiro atoms. The standard InChI is InChI=1S/C13H6BrF3N2O/c14-9-3-8(6-18)4-11(5-9)20-10-1-2-12(19-7-10)13(15,16)17/h1-5,7H. The van der Waals surface area contributed by atoms with E-state index in [-0.39, 0.29) is 5.75 Å². The van der Waals surface area contributed by atoms with Crippen LogP contribution in [0.5, 0.6) is 11.5 Å². The van der Waals surface area contributed by atoms with E-state index in [2.05, 4.69) is 20.9 Å². The maximum Gasteiger partial charge on any atom is 0.433 e. The molecule has 0 aliphatic rings. The van der Waals surface area contributed by atoms with Gasteiger partial charge in [-0.05, 0) is 30.3 Å². The third kappa shape index (κ3) is 3.48. The first kappa shape index (κ1) is 14.3. The maximum atomic E-state index is 12.4. The molecule has 0 saturated carbocycles. The Labute approximate surface area is 120 Å². The summed E-state index contributed by atoms with van der Waals surface area (Å²) < 4.78 is 43.0. The van der Waals surface area contributed by atoms with Crippen molar-refractivity contribution in [2.75, 3.05) is 0 Å². The molecular formula is C13H6BrF3N2O. The largest absolute Gasteiger partial charge is 0.456 e. The Morgan fingerprint density at radius 1 is 1.15 bits per heavy atom. The maximum absolute atomic E-state index is 12.4. The fraction of sp³-hybridized carbons (Fsp3) is 0.0769. The second kappa shape index (κ2) is 5.51. The molecule has 0 aliphatic carbocycles. The Morgan fingerprint density at radius 3 is 2.45 bits per heavy atom. The second-order valence-electron chi connectivity index (χ2n) is 3.77. The molecule has 0 saturated heterocycles. The van der Waals surface area contributed by atoms with Crippen LogP contribution in [-0.4, -0.2) is 4.98 Å². The van der Waals surface area contributed by atoms with E-state index in [0.717, 1.165) is 12.3 Å². The molecule has 0 amide bonds. The zero-order chi connectivity index (χ0) is 14.8. The summed E-state index contributed by atoms with van der Waals surface area (Å²) in [7, 11) is 0. The van der Waals surface area contributed by atoms with E-state index in [1.165, 1.54) is 12.1 Å². The highest BCUT2D eigenvalue weighted by molar-refractivity contribution is 9.10. The van der Waals surface area contributed by atoms with Crippen molar-refractivity contribution in [1.82, 2.24) is 4.98 Å². The first-order valence-corrected chi connectivity index (χ1v) is 6.09. The summed E-state index contributed by atoms with van der Waals surface area (Å²) in [6.45, 7) is 0. The molecule has 1 heterocycles. The van der Waals surface area contributed by atoms with Gasteiger partial charge in [0, 0.05) is 4.47 Å². The molecule has 1 aromatic heterocycles. The first-order chi connectivity index (χ1) is 9.38. The average molecular weight is 343 g/mol. The van der Waals surface area contributed by atoms with Gasteiger partial charge in [0.05, 0.1) is 17.8 Å². The number of benzene rings is 1. The topological polar surface area (TPSA) is 45.9 Å².